The van der Waals surface area contributed by atoms with Crippen LogP contribution in [0, 0.1) is 6.92 Å². The van der Waals surface area contributed by atoms with Crippen molar-refractivity contribution >= 4 is 33.2 Å². The van der Waals surface area contributed by atoms with Gasteiger partial charge in [-0.05, 0) is 48.7 Å². The van der Waals surface area contributed by atoms with Crippen molar-refractivity contribution in [1.82, 2.24) is 5.32 Å². The summed E-state index contributed by atoms with van der Waals surface area (Å²) >= 11 is 6.16. The number of carbonyl (C=O) groups excluding carboxylic acids is 1. The van der Waals surface area contributed by atoms with Crippen molar-refractivity contribution in [2.75, 3.05) is 10.8 Å². The summed E-state index contributed by atoms with van der Waals surface area (Å²) in [5.41, 5.74) is 3.06. The molecule has 0 aromatic heterocycles. The number of aryl methyl sites for hydroxylation is 2. The summed E-state index contributed by atoms with van der Waals surface area (Å²) in [5.74, 6) is -0.415. The number of halogens is 1. The van der Waals surface area contributed by atoms with Gasteiger partial charge in [0.05, 0.1) is 10.6 Å². The van der Waals surface area contributed by atoms with Crippen LogP contribution in [-0.2, 0) is 27.8 Å². The molecule has 162 valence electrons. The lowest BCUT2D eigenvalue weighted by molar-refractivity contribution is -0.119. The quantitative estimate of drug-likeness (QED) is 0.533. The van der Waals surface area contributed by atoms with E-state index in [1.54, 1.807) is 42.5 Å². The van der Waals surface area contributed by atoms with Gasteiger partial charge in [0.1, 0.15) is 6.54 Å². The van der Waals surface area contributed by atoms with Crippen molar-refractivity contribution < 1.29 is 13.2 Å². The lowest BCUT2D eigenvalue weighted by Gasteiger charge is -2.26. The number of benzene rings is 3. The van der Waals surface area contributed by atoms with E-state index >= 15 is 0 Å². The number of hydrogen-bond acceptors (Lipinski definition) is 3. The first-order valence-corrected chi connectivity index (χ1v) is 11.8. The molecule has 3 aromatic rings. The molecule has 1 amide bonds. The van der Waals surface area contributed by atoms with Crippen LogP contribution in [0.5, 0.6) is 0 Å². The molecule has 0 atom stereocenters. The van der Waals surface area contributed by atoms with Crippen LogP contribution < -0.4 is 9.62 Å². The van der Waals surface area contributed by atoms with E-state index in [4.69, 9.17) is 11.6 Å². The summed E-state index contributed by atoms with van der Waals surface area (Å²) < 4.78 is 28.2. The largest absolute Gasteiger partial charge is 0.350 e. The third kappa shape index (κ3) is 5.46. The van der Waals surface area contributed by atoms with Crippen LogP contribution in [0.15, 0.2) is 77.7 Å². The predicted molar refractivity (Wildman–Crippen MR) is 125 cm³/mol. The lowest BCUT2D eigenvalue weighted by atomic mass is 10.1. The van der Waals surface area contributed by atoms with Crippen LogP contribution in [0.4, 0.5) is 5.69 Å². The van der Waals surface area contributed by atoms with E-state index in [-0.39, 0.29) is 18.0 Å². The number of carbonyl (C=O) groups is 1. The van der Waals surface area contributed by atoms with Crippen molar-refractivity contribution in [3.05, 3.63) is 94.5 Å². The third-order valence-corrected chi connectivity index (χ3v) is 7.11. The van der Waals surface area contributed by atoms with Crippen LogP contribution >= 0.6 is 11.6 Å². The second-order valence-electron chi connectivity index (χ2n) is 7.18. The first kappa shape index (κ1) is 22.8. The van der Waals surface area contributed by atoms with Gasteiger partial charge in [-0.3, -0.25) is 9.10 Å². The monoisotopic (exact) mass is 456 g/mol. The van der Waals surface area contributed by atoms with E-state index in [1.165, 1.54) is 4.31 Å². The molecule has 3 rings (SSSR count). The van der Waals surface area contributed by atoms with E-state index in [0.717, 1.165) is 16.7 Å². The molecule has 0 aliphatic heterocycles. The summed E-state index contributed by atoms with van der Waals surface area (Å²) in [5, 5.41) is 3.33. The molecule has 3 aromatic carbocycles. The number of nitrogens with zero attached hydrogens (tertiary/aromatic N) is 1. The molecule has 7 heteroatoms. The van der Waals surface area contributed by atoms with Crippen LogP contribution in [0.25, 0.3) is 0 Å². The van der Waals surface area contributed by atoms with Gasteiger partial charge in [-0.2, -0.15) is 0 Å². The number of nitrogens with one attached hydrogen (secondary N) is 1. The molecule has 0 saturated heterocycles. The van der Waals surface area contributed by atoms with Gasteiger partial charge in [-0.25, -0.2) is 8.42 Å². The average Bonchev–Trinajstić information content (AvgIpc) is 2.77. The van der Waals surface area contributed by atoms with Crippen LogP contribution in [0.3, 0.4) is 0 Å². The molecule has 0 spiro atoms. The fourth-order valence-corrected chi connectivity index (χ4v) is 4.87. The fourth-order valence-electron chi connectivity index (χ4n) is 3.21. The third-order valence-electron chi connectivity index (χ3n) is 4.97. The van der Waals surface area contributed by atoms with Gasteiger partial charge >= 0.3 is 0 Å². The number of hydrogen-bond donors (Lipinski definition) is 1. The molecular formula is C24H25ClN2O3S. The zero-order valence-electron chi connectivity index (χ0n) is 17.5. The summed E-state index contributed by atoms with van der Waals surface area (Å²) in [6, 6.07) is 21.0. The van der Waals surface area contributed by atoms with Crippen molar-refractivity contribution in [3.8, 4) is 0 Å². The molecule has 1 N–H and O–H groups in total. The topological polar surface area (TPSA) is 66.5 Å². The summed E-state index contributed by atoms with van der Waals surface area (Å²) in [4.78, 5) is 12.9. The lowest BCUT2D eigenvalue weighted by Crippen LogP contribution is -2.41. The maximum Gasteiger partial charge on any atom is 0.264 e. The van der Waals surface area contributed by atoms with Crippen molar-refractivity contribution in [2.24, 2.45) is 0 Å². The highest BCUT2D eigenvalue weighted by Gasteiger charge is 2.28. The molecular weight excluding hydrogens is 432 g/mol. The molecule has 0 aliphatic carbocycles. The van der Waals surface area contributed by atoms with Gasteiger partial charge in [0.2, 0.25) is 5.91 Å². The van der Waals surface area contributed by atoms with E-state index in [1.807, 2.05) is 44.2 Å². The Balaban J connectivity index is 1.91. The summed E-state index contributed by atoms with van der Waals surface area (Å²) in [6.45, 7) is 3.72. The van der Waals surface area contributed by atoms with E-state index < -0.39 is 15.9 Å². The van der Waals surface area contributed by atoms with E-state index in [2.05, 4.69) is 5.32 Å². The first-order valence-electron chi connectivity index (χ1n) is 10.0. The van der Waals surface area contributed by atoms with Crippen molar-refractivity contribution in [3.63, 3.8) is 0 Å². The van der Waals surface area contributed by atoms with Crippen LogP contribution in [0.1, 0.15) is 23.6 Å². The Morgan fingerprint density at radius 2 is 1.55 bits per heavy atom. The van der Waals surface area contributed by atoms with Gasteiger partial charge in [-0.1, -0.05) is 72.6 Å². The zero-order valence-corrected chi connectivity index (χ0v) is 19.1. The number of rotatable bonds is 8. The molecule has 31 heavy (non-hydrogen) atoms. The number of anilines is 1. The highest BCUT2D eigenvalue weighted by Crippen LogP contribution is 2.27. The van der Waals surface area contributed by atoms with Crippen molar-refractivity contribution in [2.45, 2.75) is 31.7 Å². The zero-order chi connectivity index (χ0) is 22.4. The molecule has 0 saturated carbocycles. The van der Waals surface area contributed by atoms with E-state index in [0.29, 0.717) is 17.1 Å². The molecule has 0 heterocycles. The number of para-hydroxylation sites is 1. The average molecular weight is 457 g/mol. The molecule has 0 fully saturated rings. The maximum atomic E-state index is 13.5. The van der Waals surface area contributed by atoms with Gasteiger partial charge in [0.25, 0.3) is 10.0 Å². The van der Waals surface area contributed by atoms with Gasteiger partial charge in [-0.15, -0.1) is 0 Å². The molecule has 0 aliphatic rings. The van der Waals surface area contributed by atoms with Gasteiger partial charge in [0, 0.05) is 11.6 Å². The minimum absolute atomic E-state index is 0.142. The summed E-state index contributed by atoms with van der Waals surface area (Å²) in [6.07, 6.45) is 0.636. The second-order valence-corrected chi connectivity index (χ2v) is 9.44. The predicted octanol–water partition coefficient (Wildman–Crippen LogP) is 4.72. The Bertz CT molecular complexity index is 1160. The van der Waals surface area contributed by atoms with Gasteiger partial charge < -0.3 is 5.32 Å². The minimum atomic E-state index is -3.94. The molecule has 5 nitrogen and oxygen atoms in total. The number of amides is 1. The smallest absolute Gasteiger partial charge is 0.264 e. The van der Waals surface area contributed by atoms with Crippen LogP contribution in [0.2, 0.25) is 5.02 Å². The highest BCUT2D eigenvalue weighted by atomic mass is 35.5. The molecule has 0 bridgehead atoms. The SMILES string of the molecule is CCc1ccccc1N(CC(=O)NCc1ccccc1Cl)S(=O)(=O)c1ccc(C)cc1. The molecule has 0 unspecified atom stereocenters. The standard InChI is InChI=1S/C24H25ClN2O3S/c1-3-19-8-5-7-11-23(19)27(31(29,30)21-14-12-18(2)13-15-21)17-24(28)26-16-20-9-4-6-10-22(20)25/h4-15H,3,16-17H2,1-2H3,(H,26,28). The van der Waals surface area contributed by atoms with Gasteiger partial charge in [0.15, 0.2) is 0 Å². The summed E-state index contributed by atoms with van der Waals surface area (Å²) in [7, 11) is -3.94. The Hall–Kier alpha value is -2.83. The fraction of sp³-hybridized carbons (Fsp3) is 0.208. The Morgan fingerprint density at radius 3 is 2.19 bits per heavy atom. The Morgan fingerprint density at radius 1 is 0.935 bits per heavy atom. The number of sulfonamides is 1. The Kier molecular flexibility index (Phi) is 7.36. The molecule has 0 radical (unpaired) electrons. The van der Waals surface area contributed by atoms with Crippen molar-refractivity contribution in [1.29, 1.82) is 0 Å². The normalized spacial score (nSPS) is 11.2. The first-order chi connectivity index (χ1) is 14.8. The van der Waals surface area contributed by atoms with Crippen LogP contribution in [-0.4, -0.2) is 20.9 Å². The minimum Gasteiger partial charge on any atom is -0.350 e. The highest BCUT2D eigenvalue weighted by molar-refractivity contribution is 7.92. The Labute approximate surface area is 188 Å². The van der Waals surface area contributed by atoms with E-state index in [9.17, 15) is 13.2 Å². The second kappa shape index (κ2) is 9.98. The maximum absolute atomic E-state index is 13.5.